The zero-order chi connectivity index (χ0) is 12.3. The minimum absolute atomic E-state index is 0.132. The highest BCUT2D eigenvalue weighted by atomic mass is 79.9. The molecule has 2 nitrogen and oxygen atoms in total. The quantitative estimate of drug-likeness (QED) is 0.894. The molecule has 1 fully saturated rings. The van der Waals surface area contributed by atoms with E-state index >= 15 is 0 Å². The van der Waals surface area contributed by atoms with E-state index in [0.717, 1.165) is 27.9 Å². The van der Waals surface area contributed by atoms with E-state index in [0.29, 0.717) is 0 Å². The molecule has 0 radical (unpaired) electrons. The number of anilines is 1. The topological polar surface area (TPSA) is 29.1 Å². The van der Waals surface area contributed by atoms with Crippen LogP contribution in [-0.4, -0.2) is 16.9 Å². The summed E-state index contributed by atoms with van der Waals surface area (Å²) in [6, 6.07) is 5.90. The summed E-state index contributed by atoms with van der Waals surface area (Å²) in [7, 11) is 0. The molecule has 4 heteroatoms. The minimum Gasteiger partial charge on any atom is -0.325 e. The van der Waals surface area contributed by atoms with E-state index in [1.165, 1.54) is 12.8 Å². The predicted molar refractivity (Wildman–Crippen MR) is 77.6 cm³/mol. The molecule has 1 heterocycles. The van der Waals surface area contributed by atoms with Gasteiger partial charge in [-0.2, -0.15) is 0 Å². The average Bonchev–Trinajstić information content (AvgIpc) is 2.35. The Labute approximate surface area is 115 Å². The van der Waals surface area contributed by atoms with Crippen LogP contribution in [0.4, 0.5) is 5.69 Å². The van der Waals surface area contributed by atoms with Crippen molar-refractivity contribution in [2.75, 3.05) is 11.1 Å². The molecule has 1 aliphatic rings. The molecule has 0 spiro atoms. The molecule has 2 rings (SSSR count). The van der Waals surface area contributed by atoms with Gasteiger partial charge in [0.2, 0.25) is 5.91 Å². The summed E-state index contributed by atoms with van der Waals surface area (Å²) in [5.74, 6) is 1.26. The lowest BCUT2D eigenvalue weighted by Crippen LogP contribution is -2.27. The highest BCUT2D eigenvalue weighted by Gasteiger charge is 2.21. The number of carbonyl (C=O) groups is 1. The van der Waals surface area contributed by atoms with Crippen LogP contribution in [0.1, 0.15) is 24.8 Å². The van der Waals surface area contributed by atoms with Crippen LogP contribution in [0.25, 0.3) is 0 Å². The van der Waals surface area contributed by atoms with Gasteiger partial charge in [-0.1, -0.05) is 22.4 Å². The van der Waals surface area contributed by atoms with Crippen LogP contribution in [-0.2, 0) is 4.79 Å². The summed E-state index contributed by atoms with van der Waals surface area (Å²) < 4.78 is 1.07. The fourth-order valence-corrected chi connectivity index (χ4v) is 3.34. The first kappa shape index (κ1) is 13.0. The molecule has 1 amide bonds. The number of rotatable bonds is 2. The van der Waals surface area contributed by atoms with Crippen molar-refractivity contribution in [1.82, 2.24) is 0 Å². The van der Waals surface area contributed by atoms with E-state index in [2.05, 4.69) is 21.2 Å². The summed E-state index contributed by atoms with van der Waals surface area (Å²) in [5.41, 5.74) is 2.03. The first-order valence-electron chi connectivity index (χ1n) is 5.85. The third kappa shape index (κ3) is 3.49. The van der Waals surface area contributed by atoms with Gasteiger partial charge < -0.3 is 5.32 Å². The molecule has 1 aromatic rings. The van der Waals surface area contributed by atoms with Crippen molar-refractivity contribution in [2.24, 2.45) is 0 Å². The molecule has 92 valence electrons. The lowest BCUT2D eigenvalue weighted by Gasteiger charge is -2.20. The maximum atomic E-state index is 12.0. The fourth-order valence-electron chi connectivity index (χ4n) is 1.89. The number of thioether (sulfide) groups is 1. The molecular weight excluding hydrogens is 298 g/mol. The maximum absolute atomic E-state index is 12.0. The van der Waals surface area contributed by atoms with Crippen LogP contribution >= 0.6 is 27.7 Å². The molecule has 1 atom stereocenters. The number of hydrogen-bond donors (Lipinski definition) is 1. The van der Waals surface area contributed by atoms with Gasteiger partial charge in [0.1, 0.15) is 0 Å². The Morgan fingerprint density at radius 3 is 2.94 bits per heavy atom. The van der Waals surface area contributed by atoms with Crippen molar-refractivity contribution in [3.05, 3.63) is 28.2 Å². The van der Waals surface area contributed by atoms with Gasteiger partial charge in [-0.25, -0.2) is 0 Å². The molecule has 0 bridgehead atoms. The number of nitrogens with one attached hydrogen (secondary N) is 1. The molecule has 1 unspecified atom stereocenters. The van der Waals surface area contributed by atoms with Gasteiger partial charge >= 0.3 is 0 Å². The largest absolute Gasteiger partial charge is 0.325 e. The second kappa shape index (κ2) is 5.91. The molecule has 1 saturated heterocycles. The Hall–Kier alpha value is -0.480. The van der Waals surface area contributed by atoms with Crippen molar-refractivity contribution < 1.29 is 4.79 Å². The number of hydrogen-bond acceptors (Lipinski definition) is 2. The van der Waals surface area contributed by atoms with Crippen molar-refractivity contribution in [3.8, 4) is 0 Å². The fraction of sp³-hybridized carbons (Fsp3) is 0.462. The van der Waals surface area contributed by atoms with E-state index in [-0.39, 0.29) is 11.2 Å². The van der Waals surface area contributed by atoms with Crippen molar-refractivity contribution in [1.29, 1.82) is 0 Å². The number of halogens is 1. The molecule has 1 aliphatic heterocycles. The van der Waals surface area contributed by atoms with Gasteiger partial charge in [0.05, 0.1) is 5.25 Å². The highest BCUT2D eigenvalue weighted by Crippen LogP contribution is 2.27. The lowest BCUT2D eigenvalue weighted by atomic mass is 10.1. The Kier molecular flexibility index (Phi) is 4.51. The molecular formula is C13H16BrNOS. The number of amides is 1. The zero-order valence-corrected chi connectivity index (χ0v) is 12.2. The maximum Gasteiger partial charge on any atom is 0.237 e. The highest BCUT2D eigenvalue weighted by molar-refractivity contribution is 9.10. The summed E-state index contributed by atoms with van der Waals surface area (Å²) in [6.07, 6.45) is 3.42. The van der Waals surface area contributed by atoms with Gasteiger partial charge in [0.15, 0.2) is 0 Å². The van der Waals surface area contributed by atoms with Crippen LogP contribution < -0.4 is 5.32 Å². The van der Waals surface area contributed by atoms with Crippen LogP contribution in [0.15, 0.2) is 22.7 Å². The smallest absolute Gasteiger partial charge is 0.237 e. The van der Waals surface area contributed by atoms with E-state index in [1.807, 2.05) is 25.1 Å². The first-order chi connectivity index (χ1) is 8.16. The van der Waals surface area contributed by atoms with Gasteiger partial charge in [-0.15, -0.1) is 11.8 Å². The zero-order valence-electron chi connectivity index (χ0n) is 9.83. The van der Waals surface area contributed by atoms with Crippen LogP contribution in [0, 0.1) is 6.92 Å². The summed E-state index contributed by atoms with van der Waals surface area (Å²) in [5, 5.41) is 3.13. The number of carbonyl (C=O) groups excluding carboxylic acids is 1. The number of benzene rings is 1. The SMILES string of the molecule is Cc1cc(NC(=O)C2CCCCS2)ccc1Br. The van der Waals surface area contributed by atoms with Gasteiger partial charge in [0.25, 0.3) is 0 Å². The molecule has 0 saturated carbocycles. The van der Waals surface area contributed by atoms with Crippen molar-refractivity contribution in [3.63, 3.8) is 0 Å². The van der Waals surface area contributed by atoms with Gasteiger partial charge in [0, 0.05) is 10.2 Å². The van der Waals surface area contributed by atoms with E-state index < -0.39 is 0 Å². The Bertz CT molecular complexity index is 416. The molecule has 1 aromatic carbocycles. The lowest BCUT2D eigenvalue weighted by molar-refractivity contribution is -0.115. The normalized spacial score (nSPS) is 20.0. The minimum atomic E-state index is 0.132. The van der Waals surface area contributed by atoms with Crippen molar-refractivity contribution >= 4 is 39.3 Å². The summed E-state index contributed by atoms with van der Waals surface area (Å²) in [4.78, 5) is 12.0. The Balaban J connectivity index is 1.99. The van der Waals surface area contributed by atoms with Crippen molar-refractivity contribution in [2.45, 2.75) is 31.4 Å². The molecule has 17 heavy (non-hydrogen) atoms. The third-order valence-corrected chi connectivity index (χ3v) is 5.16. The monoisotopic (exact) mass is 313 g/mol. The Morgan fingerprint density at radius 2 is 2.29 bits per heavy atom. The van der Waals surface area contributed by atoms with E-state index in [9.17, 15) is 4.79 Å². The van der Waals surface area contributed by atoms with Gasteiger partial charge in [-0.05, 0) is 49.3 Å². The predicted octanol–water partition coefficient (Wildman–Crippen LogP) is 3.98. The molecule has 0 aliphatic carbocycles. The summed E-state index contributed by atoms with van der Waals surface area (Å²) >= 11 is 5.23. The van der Waals surface area contributed by atoms with E-state index in [1.54, 1.807) is 11.8 Å². The van der Waals surface area contributed by atoms with Crippen LogP contribution in [0.5, 0.6) is 0 Å². The molecule has 1 N–H and O–H groups in total. The first-order valence-corrected chi connectivity index (χ1v) is 7.69. The number of aryl methyl sites for hydroxylation is 1. The van der Waals surface area contributed by atoms with Gasteiger partial charge in [-0.3, -0.25) is 4.79 Å². The average molecular weight is 314 g/mol. The molecule has 0 aromatic heterocycles. The second-order valence-corrected chi connectivity index (χ2v) is 6.47. The standard InChI is InChI=1S/C13H16BrNOS/c1-9-8-10(5-6-11(9)14)15-13(16)12-4-2-3-7-17-12/h5-6,8,12H,2-4,7H2,1H3,(H,15,16). The third-order valence-electron chi connectivity index (χ3n) is 2.90. The Morgan fingerprint density at radius 1 is 1.47 bits per heavy atom. The van der Waals surface area contributed by atoms with Crippen LogP contribution in [0.2, 0.25) is 0 Å². The van der Waals surface area contributed by atoms with Crippen LogP contribution in [0.3, 0.4) is 0 Å². The summed E-state index contributed by atoms with van der Waals surface area (Å²) in [6.45, 7) is 2.02. The van der Waals surface area contributed by atoms with E-state index in [4.69, 9.17) is 0 Å². The second-order valence-electron chi connectivity index (χ2n) is 4.31.